The molecule has 7 heteroatoms. The molecule has 0 N–H and O–H groups in total. The lowest BCUT2D eigenvalue weighted by atomic mass is 10.2. The summed E-state index contributed by atoms with van der Waals surface area (Å²) >= 11 is 1.44. The van der Waals surface area contributed by atoms with Gasteiger partial charge in [-0.15, -0.1) is 11.3 Å². The fourth-order valence-corrected chi connectivity index (χ4v) is 3.67. The fourth-order valence-electron chi connectivity index (χ4n) is 2.54. The highest BCUT2D eigenvalue weighted by Crippen LogP contribution is 2.22. The highest BCUT2D eigenvalue weighted by atomic mass is 32.1. The normalized spacial score (nSPS) is 10.6. The van der Waals surface area contributed by atoms with Crippen LogP contribution in [0.4, 0.5) is 0 Å². The molecule has 0 radical (unpaired) electrons. The Morgan fingerprint density at radius 2 is 2.12 bits per heavy atom. The zero-order valence-electron chi connectivity index (χ0n) is 15.5. The molecule has 2 heterocycles. The van der Waals surface area contributed by atoms with E-state index in [0.717, 1.165) is 29.1 Å². The molecule has 0 aliphatic heterocycles. The lowest BCUT2D eigenvalue weighted by Crippen LogP contribution is -2.32. The Morgan fingerprint density at radius 1 is 1.31 bits per heavy atom. The van der Waals surface area contributed by atoms with Crippen LogP contribution in [-0.4, -0.2) is 39.9 Å². The Morgan fingerprint density at radius 3 is 2.77 bits per heavy atom. The van der Waals surface area contributed by atoms with Gasteiger partial charge < -0.3 is 9.64 Å². The molecule has 2 rings (SSSR count). The van der Waals surface area contributed by atoms with Gasteiger partial charge in [0.2, 0.25) is 0 Å². The van der Waals surface area contributed by atoms with Crippen molar-refractivity contribution in [2.75, 3.05) is 13.2 Å². The molecule has 2 aromatic heterocycles. The zero-order valence-corrected chi connectivity index (χ0v) is 16.3. The van der Waals surface area contributed by atoms with E-state index in [9.17, 15) is 9.59 Å². The van der Waals surface area contributed by atoms with E-state index in [1.165, 1.54) is 11.3 Å². The molecule has 0 unspecified atom stereocenters. The van der Waals surface area contributed by atoms with Gasteiger partial charge in [0, 0.05) is 25.5 Å². The van der Waals surface area contributed by atoms with Crippen LogP contribution in [0.5, 0.6) is 0 Å². The van der Waals surface area contributed by atoms with Crippen molar-refractivity contribution in [1.29, 1.82) is 0 Å². The summed E-state index contributed by atoms with van der Waals surface area (Å²) in [6.45, 7) is 6.75. The number of hydrogen-bond donors (Lipinski definition) is 0. The summed E-state index contributed by atoms with van der Waals surface area (Å²) in [6, 6.07) is 3.75. The van der Waals surface area contributed by atoms with Crippen LogP contribution < -0.4 is 0 Å². The summed E-state index contributed by atoms with van der Waals surface area (Å²) in [6.07, 6.45) is 5.44. The molecule has 6 nitrogen and oxygen atoms in total. The van der Waals surface area contributed by atoms with Crippen LogP contribution >= 0.6 is 11.3 Å². The van der Waals surface area contributed by atoms with Crippen molar-refractivity contribution in [3.05, 3.63) is 45.7 Å². The number of ether oxygens (including phenoxy) is 1. The van der Waals surface area contributed by atoms with Gasteiger partial charge in [0.05, 0.1) is 23.7 Å². The van der Waals surface area contributed by atoms with Gasteiger partial charge in [-0.1, -0.05) is 13.0 Å². The van der Waals surface area contributed by atoms with Crippen LogP contribution in [0.15, 0.2) is 24.5 Å². The van der Waals surface area contributed by atoms with Gasteiger partial charge in [-0.25, -0.2) is 4.98 Å². The number of carbonyl (C=O) groups is 2. The highest BCUT2D eigenvalue weighted by molar-refractivity contribution is 7.13. The number of aryl methyl sites for hydroxylation is 2. The van der Waals surface area contributed by atoms with E-state index in [0.29, 0.717) is 24.6 Å². The standard InChI is InChI=1S/C19H25N3O3S/c1-4-7-16-21-14(3)18(26-16)19(24)22(11-9-17(23)25-5-2)13-15-8-6-10-20-12-15/h6,8,10,12H,4-5,7,9,11,13H2,1-3H3. The fraction of sp³-hybridized carbons (Fsp3) is 0.474. The molecule has 2 aromatic rings. The Hall–Kier alpha value is -2.28. The maximum Gasteiger partial charge on any atom is 0.307 e. The van der Waals surface area contributed by atoms with Crippen molar-refractivity contribution in [3.63, 3.8) is 0 Å². The average molecular weight is 375 g/mol. The van der Waals surface area contributed by atoms with Crippen molar-refractivity contribution in [2.45, 2.75) is 46.6 Å². The second kappa shape index (κ2) is 10.0. The molecule has 26 heavy (non-hydrogen) atoms. The van der Waals surface area contributed by atoms with Crippen LogP contribution in [0.25, 0.3) is 0 Å². The number of amides is 1. The van der Waals surface area contributed by atoms with Gasteiger partial charge in [0.1, 0.15) is 4.88 Å². The van der Waals surface area contributed by atoms with Crippen LogP contribution in [0, 0.1) is 6.92 Å². The number of thiazole rings is 1. The molecule has 140 valence electrons. The van der Waals surface area contributed by atoms with Crippen LogP contribution in [0.3, 0.4) is 0 Å². The van der Waals surface area contributed by atoms with E-state index in [4.69, 9.17) is 4.74 Å². The maximum atomic E-state index is 13.1. The number of carbonyl (C=O) groups excluding carboxylic acids is 2. The topological polar surface area (TPSA) is 72.4 Å². The number of esters is 1. The van der Waals surface area contributed by atoms with Gasteiger partial charge in [0.15, 0.2) is 0 Å². The average Bonchev–Trinajstić information content (AvgIpc) is 3.00. The summed E-state index contributed by atoms with van der Waals surface area (Å²) in [5.41, 5.74) is 1.66. The van der Waals surface area contributed by atoms with E-state index in [1.54, 1.807) is 24.2 Å². The van der Waals surface area contributed by atoms with Crippen LogP contribution in [0.1, 0.15) is 52.6 Å². The monoisotopic (exact) mass is 375 g/mol. The Kier molecular flexibility index (Phi) is 7.72. The third-order valence-electron chi connectivity index (χ3n) is 3.77. The summed E-state index contributed by atoms with van der Waals surface area (Å²) in [4.78, 5) is 35.7. The Labute approximate surface area is 158 Å². The molecule has 0 aromatic carbocycles. The van der Waals surface area contributed by atoms with Gasteiger partial charge in [-0.3, -0.25) is 14.6 Å². The molecular formula is C19H25N3O3S. The largest absolute Gasteiger partial charge is 0.466 e. The third-order valence-corrected chi connectivity index (χ3v) is 4.98. The number of pyridine rings is 1. The molecule has 0 saturated heterocycles. The molecule has 0 atom stereocenters. The van der Waals surface area contributed by atoms with Gasteiger partial charge in [-0.2, -0.15) is 0 Å². The van der Waals surface area contributed by atoms with Gasteiger partial charge in [0.25, 0.3) is 5.91 Å². The van der Waals surface area contributed by atoms with E-state index in [1.807, 2.05) is 19.1 Å². The van der Waals surface area contributed by atoms with Crippen molar-refractivity contribution >= 4 is 23.2 Å². The van der Waals surface area contributed by atoms with Crippen molar-refractivity contribution < 1.29 is 14.3 Å². The third kappa shape index (κ3) is 5.62. The minimum Gasteiger partial charge on any atom is -0.466 e. The second-order valence-electron chi connectivity index (χ2n) is 5.92. The first kappa shape index (κ1) is 20.0. The van der Waals surface area contributed by atoms with Crippen molar-refractivity contribution in [3.8, 4) is 0 Å². The molecular weight excluding hydrogens is 350 g/mol. The first-order valence-corrected chi connectivity index (χ1v) is 9.66. The zero-order chi connectivity index (χ0) is 18.9. The van der Waals surface area contributed by atoms with E-state index in [2.05, 4.69) is 16.9 Å². The lowest BCUT2D eigenvalue weighted by Gasteiger charge is -2.22. The minimum atomic E-state index is -0.302. The summed E-state index contributed by atoms with van der Waals surface area (Å²) < 4.78 is 4.99. The van der Waals surface area contributed by atoms with E-state index < -0.39 is 0 Å². The minimum absolute atomic E-state index is 0.101. The first-order valence-electron chi connectivity index (χ1n) is 8.85. The first-order chi connectivity index (χ1) is 12.5. The summed E-state index contributed by atoms with van der Waals surface area (Å²) in [5.74, 6) is -0.403. The van der Waals surface area contributed by atoms with Crippen LogP contribution in [-0.2, 0) is 22.5 Å². The quantitative estimate of drug-likeness (QED) is 0.628. The molecule has 0 bridgehead atoms. The molecule has 0 spiro atoms. The molecule has 0 fully saturated rings. The van der Waals surface area contributed by atoms with Gasteiger partial charge >= 0.3 is 5.97 Å². The predicted octanol–water partition coefficient (Wildman–Crippen LogP) is 3.39. The van der Waals surface area contributed by atoms with Crippen molar-refractivity contribution in [1.82, 2.24) is 14.9 Å². The summed E-state index contributed by atoms with van der Waals surface area (Å²) in [5, 5.41) is 0.972. The number of nitrogens with zero attached hydrogens (tertiary/aromatic N) is 3. The number of hydrogen-bond acceptors (Lipinski definition) is 6. The Balaban J connectivity index is 2.18. The molecule has 0 aliphatic rings. The van der Waals surface area contributed by atoms with Gasteiger partial charge in [-0.05, 0) is 38.3 Å². The maximum absolute atomic E-state index is 13.1. The predicted molar refractivity (Wildman–Crippen MR) is 101 cm³/mol. The highest BCUT2D eigenvalue weighted by Gasteiger charge is 2.22. The lowest BCUT2D eigenvalue weighted by molar-refractivity contribution is -0.143. The molecule has 1 amide bonds. The second-order valence-corrected chi connectivity index (χ2v) is 7.00. The van der Waals surface area contributed by atoms with E-state index in [-0.39, 0.29) is 18.3 Å². The van der Waals surface area contributed by atoms with E-state index >= 15 is 0 Å². The van der Waals surface area contributed by atoms with Crippen LogP contribution in [0.2, 0.25) is 0 Å². The Bertz CT molecular complexity index is 731. The molecule has 0 aliphatic carbocycles. The summed E-state index contributed by atoms with van der Waals surface area (Å²) in [7, 11) is 0. The van der Waals surface area contributed by atoms with Crippen molar-refractivity contribution in [2.24, 2.45) is 0 Å². The number of rotatable bonds is 9. The smallest absolute Gasteiger partial charge is 0.307 e. The number of aromatic nitrogens is 2. The molecule has 0 saturated carbocycles. The SMILES string of the molecule is CCCc1nc(C)c(C(=O)N(CCC(=O)OCC)Cc2cccnc2)s1.